The molecule has 0 unspecified atom stereocenters. The van der Waals surface area contributed by atoms with E-state index < -0.39 is 0 Å². The zero-order valence-corrected chi connectivity index (χ0v) is 12.7. The molecule has 0 saturated heterocycles. The average Bonchev–Trinajstić information content (AvgIpc) is 2.53. The van der Waals surface area contributed by atoms with Crippen LogP contribution in [0.5, 0.6) is 0 Å². The first kappa shape index (κ1) is 13.0. The molecule has 106 valence electrons. The lowest BCUT2D eigenvalue weighted by molar-refractivity contribution is -0.172. The lowest BCUT2D eigenvalue weighted by Gasteiger charge is -2.15. The van der Waals surface area contributed by atoms with Gasteiger partial charge in [0.05, 0.1) is 0 Å². The summed E-state index contributed by atoms with van der Waals surface area (Å²) in [7, 11) is 0. The van der Waals surface area contributed by atoms with E-state index in [2.05, 4.69) is 36.4 Å². The molecule has 0 atom stereocenters. The number of rotatable bonds is 1. The van der Waals surface area contributed by atoms with E-state index in [0.717, 1.165) is 11.0 Å². The van der Waals surface area contributed by atoms with Gasteiger partial charge in [0.15, 0.2) is 5.36 Å². The first-order valence-corrected chi connectivity index (χ1v) is 7.94. The van der Waals surface area contributed by atoms with Crippen molar-refractivity contribution in [2.75, 3.05) is 5.73 Å². The molecule has 1 heterocycles. The maximum atomic E-state index is 5.97. The number of benzene rings is 3. The number of anilines is 1. The van der Waals surface area contributed by atoms with E-state index in [4.69, 9.17) is 11.1 Å². The van der Waals surface area contributed by atoms with Crippen molar-refractivity contribution in [1.82, 2.24) is 0 Å². The first-order chi connectivity index (χ1) is 10.7. The predicted molar refractivity (Wildman–Crippen MR) is 93.4 cm³/mol. The number of hydrogen-bond donors (Lipinski definition) is 2. The van der Waals surface area contributed by atoms with Crippen molar-refractivity contribution in [2.24, 2.45) is 0 Å². The second-order valence-corrected chi connectivity index (χ2v) is 6.44. The van der Waals surface area contributed by atoms with E-state index in [1.807, 2.05) is 30.3 Å². The van der Waals surface area contributed by atoms with Gasteiger partial charge in [-0.05, 0) is 29.3 Å². The second-order valence-electron chi connectivity index (χ2n) is 5.35. The Morgan fingerprint density at radius 2 is 1.68 bits per heavy atom. The van der Waals surface area contributed by atoms with Gasteiger partial charge in [-0.1, -0.05) is 36.4 Å². The molecule has 4 N–H and O–H groups in total. The molecule has 2 aromatic carbocycles. The van der Waals surface area contributed by atoms with Crippen LogP contribution in [0.1, 0.15) is 0 Å². The van der Waals surface area contributed by atoms with Crippen LogP contribution >= 0.6 is 11.3 Å². The van der Waals surface area contributed by atoms with Crippen molar-refractivity contribution >= 4 is 27.1 Å². The Hall–Kier alpha value is -2.65. The van der Waals surface area contributed by atoms with E-state index in [0.29, 0.717) is 0 Å². The van der Waals surface area contributed by atoms with Crippen molar-refractivity contribution in [2.45, 2.75) is 0 Å². The van der Waals surface area contributed by atoms with Crippen LogP contribution in [0, 0.1) is 0 Å². The Balaban J connectivity index is 2.21. The summed E-state index contributed by atoms with van der Waals surface area (Å²) in [5.41, 5.74) is 10.4. The predicted octanol–water partition coefficient (Wildman–Crippen LogP) is 2.92. The minimum Gasteiger partial charge on any atom is -0.399 e. The van der Waals surface area contributed by atoms with E-state index >= 15 is 0 Å². The summed E-state index contributed by atoms with van der Waals surface area (Å²) in [6.45, 7) is 0. The molecule has 4 rings (SSSR count). The third kappa shape index (κ3) is 2.07. The molecule has 3 heteroatoms. The summed E-state index contributed by atoms with van der Waals surface area (Å²) in [5, 5.41) is 7.98. The molecule has 2 aliphatic rings. The minimum atomic E-state index is 0.783. The van der Waals surface area contributed by atoms with Crippen LogP contribution in [-0.4, -0.2) is 0 Å². The Morgan fingerprint density at radius 1 is 0.864 bits per heavy atom. The zero-order chi connectivity index (χ0) is 15.1. The van der Waals surface area contributed by atoms with Gasteiger partial charge in [-0.2, -0.15) is 0 Å². The quantitative estimate of drug-likeness (QED) is 0.412. The molecule has 0 fully saturated rings. The van der Waals surface area contributed by atoms with Gasteiger partial charge >= 0.3 is 0 Å². The summed E-state index contributed by atoms with van der Waals surface area (Å²) < 4.78 is 1.18. The van der Waals surface area contributed by atoms with E-state index in [1.54, 1.807) is 11.3 Å². The maximum Gasteiger partial charge on any atom is 0.198 e. The lowest BCUT2D eigenvalue weighted by atomic mass is 9.95. The molecule has 2 nitrogen and oxygen atoms in total. The van der Waals surface area contributed by atoms with E-state index in [-0.39, 0.29) is 0 Å². The zero-order valence-electron chi connectivity index (χ0n) is 11.9. The molecule has 0 bridgehead atoms. The summed E-state index contributed by atoms with van der Waals surface area (Å²) >= 11 is 1.73. The van der Waals surface area contributed by atoms with Crippen LogP contribution in [0.25, 0.3) is 31.7 Å². The first-order valence-electron chi connectivity index (χ1n) is 7.12. The van der Waals surface area contributed by atoms with Crippen LogP contribution in [0.2, 0.25) is 0 Å². The van der Waals surface area contributed by atoms with Gasteiger partial charge in [-0.3, -0.25) is 5.41 Å². The maximum absolute atomic E-state index is 5.97. The van der Waals surface area contributed by atoms with Gasteiger partial charge in [0.25, 0.3) is 0 Å². The fourth-order valence-electron chi connectivity index (χ4n) is 2.84. The highest BCUT2D eigenvalue weighted by Gasteiger charge is 2.15. The summed E-state index contributed by atoms with van der Waals surface area (Å²) in [4.78, 5) is 1.18. The highest BCUT2D eigenvalue weighted by molar-refractivity contribution is 7.21. The summed E-state index contributed by atoms with van der Waals surface area (Å²) in [6.07, 6.45) is 0. The van der Waals surface area contributed by atoms with Crippen LogP contribution < -0.4 is 16.5 Å². The topological polar surface area (TPSA) is 51.6 Å². The normalized spacial score (nSPS) is 11.1. The van der Waals surface area contributed by atoms with Gasteiger partial charge in [0.1, 0.15) is 0 Å². The molecule has 0 amide bonds. The minimum absolute atomic E-state index is 0.783. The molecule has 0 radical (unpaired) electrons. The molecule has 22 heavy (non-hydrogen) atoms. The number of nitrogens with two attached hydrogens (primary N) is 2. The van der Waals surface area contributed by atoms with Gasteiger partial charge in [-0.15, -0.1) is 11.3 Å². The van der Waals surface area contributed by atoms with Gasteiger partial charge in [-0.25, -0.2) is 0 Å². The van der Waals surface area contributed by atoms with Crippen LogP contribution in [-0.2, 0) is 0 Å². The fraction of sp³-hybridized carbons (Fsp3) is 0. The van der Waals surface area contributed by atoms with E-state index in [9.17, 15) is 0 Å². The van der Waals surface area contributed by atoms with Crippen LogP contribution in [0.3, 0.4) is 0 Å². The second kappa shape index (κ2) is 4.97. The van der Waals surface area contributed by atoms with Gasteiger partial charge < -0.3 is 5.73 Å². The molecule has 1 aliphatic carbocycles. The highest BCUT2D eigenvalue weighted by atomic mass is 32.1. The van der Waals surface area contributed by atoms with Crippen molar-refractivity contribution in [3.8, 4) is 21.6 Å². The Kier molecular flexibility index (Phi) is 2.94. The molecular weight excluding hydrogens is 288 g/mol. The average molecular weight is 303 g/mol. The smallest absolute Gasteiger partial charge is 0.198 e. The number of hydrogen-bond acceptors (Lipinski definition) is 2. The van der Waals surface area contributed by atoms with Gasteiger partial charge in [0.2, 0.25) is 0 Å². The van der Waals surface area contributed by atoms with Gasteiger partial charge in [0, 0.05) is 38.3 Å². The Labute approximate surface area is 132 Å². The van der Waals surface area contributed by atoms with Crippen molar-refractivity contribution in [1.29, 1.82) is 0 Å². The SMILES string of the molecule is Nc1ccc2c(-c3ccccc3)c3ccc(=[NH2+])cc-3sc2c1. The summed E-state index contributed by atoms with van der Waals surface area (Å²) in [5.74, 6) is 0. The molecule has 0 aromatic heterocycles. The van der Waals surface area contributed by atoms with E-state index in [1.165, 1.54) is 31.7 Å². The molecule has 0 spiro atoms. The van der Waals surface area contributed by atoms with Crippen molar-refractivity contribution in [3.05, 3.63) is 72.1 Å². The number of fused-ring (bicyclic) bond motifs is 2. The third-order valence-corrected chi connectivity index (χ3v) is 4.95. The highest BCUT2D eigenvalue weighted by Crippen LogP contribution is 2.42. The Bertz CT molecular complexity index is 1000. The molecular formula is C19H15N2S+. The Morgan fingerprint density at radius 3 is 2.50 bits per heavy atom. The molecule has 1 aliphatic heterocycles. The van der Waals surface area contributed by atoms with Crippen LogP contribution in [0.15, 0.2) is 66.7 Å². The molecule has 2 aromatic rings. The molecule has 0 saturated carbocycles. The van der Waals surface area contributed by atoms with Crippen molar-refractivity contribution < 1.29 is 5.41 Å². The fourth-order valence-corrected chi connectivity index (χ4v) is 4.03. The number of nitrogen functional groups attached to an aromatic ring is 1. The standard InChI is InChI=1S/C19H14N2S/c20-13-6-8-15-17(10-13)22-18-11-14(21)7-9-16(18)19(15)12-4-2-1-3-5-12/h1-11,20H,21H2/p+1. The lowest BCUT2D eigenvalue weighted by Crippen LogP contribution is -2.44. The summed E-state index contributed by atoms with van der Waals surface area (Å²) in [6, 6.07) is 22.7. The van der Waals surface area contributed by atoms with Crippen LogP contribution in [0.4, 0.5) is 5.69 Å². The third-order valence-electron chi connectivity index (χ3n) is 3.83. The van der Waals surface area contributed by atoms with Crippen molar-refractivity contribution in [3.63, 3.8) is 0 Å². The monoisotopic (exact) mass is 303 g/mol. The largest absolute Gasteiger partial charge is 0.399 e.